The first kappa shape index (κ1) is 12.4. The van der Waals surface area contributed by atoms with Crippen LogP contribution in [0, 0.1) is 0 Å². The van der Waals surface area contributed by atoms with E-state index in [1.807, 2.05) is 34.9 Å². The SMILES string of the molecule is Nc1ccc2c(C(=O)N3CCCSCC3)c[nH]c2c1. The van der Waals surface area contributed by atoms with Crippen molar-refractivity contribution >= 4 is 34.3 Å². The fourth-order valence-corrected chi connectivity index (χ4v) is 3.33. The van der Waals surface area contributed by atoms with Crippen molar-refractivity contribution in [1.29, 1.82) is 0 Å². The third kappa shape index (κ3) is 2.42. The quantitative estimate of drug-likeness (QED) is 0.785. The molecule has 0 unspecified atom stereocenters. The molecule has 100 valence electrons. The van der Waals surface area contributed by atoms with Gasteiger partial charge in [-0.15, -0.1) is 0 Å². The van der Waals surface area contributed by atoms with Crippen molar-refractivity contribution in [2.75, 3.05) is 30.3 Å². The zero-order chi connectivity index (χ0) is 13.2. The van der Waals surface area contributed by atoms with Gasteiger partial charge in [0.2, 0.25) is 0 Å². The van der Waals surface area contributed by atoms with Gasteiger partial charge in [-0.05, 0) is 30.4 Å². The number of nitrogens with zero attached hydrogens (tertiary/aromatic N) is 1. The molecule has 5 heteroatoms. The molecule has 2 aromatic rings. The average Bonchev–Trinajstić information content (AvgIpc) is 2.64. The fourth-order valence-electron chi connectivity index (χ4n) is 2.44. The number of fused-ring (bicyclic) bond motifs is 1. The first-order valence-corrected chi connectivity index (χ1v) is 7.65. The Morgan fingerprint density at radius 1 is 1.32 bits per heavy atom. The first-order chi connectivity index (χ1) is 9.25. The van der Waals surface area contributed by atoms with Crippen LogP contribution in [-0.4, -0.2) is 40.4 Å². The number of amides is 1. The van der Waals surface area contributed by atoms with Crippen molar-refractivity contribution in [2.45, 2.75) is 6.42 Å². The van der Waals surface area contributed by atoms with Gasteiger partial charge in [-0.2, -0.15) is 11.8 Å². The van der Waals surface area contributed by atoms with Crippen molar-refractivity contribution in [2.24, 2.45) is 0 Å². The number of nitrogens with two attached hydrogens (primary N) is 1. The van der Waals surface area contributed by atoms with E-state index in [1.54, 1.807) is 6.20 Å². The van der Waals surface area contributed by atoms with Crippen molar-refractivity contribution in [1.82, 2.24) is 9.88 Å². The van der Waals surface area contributed by atoms with Crippen LogP contribution in [0.25, 0.3) is 10.9 Å². The summed E-state index contributed by atoms with van der Waals surface area (Å²) in [6, 6.07) is 5.62. The molecule has 0 bridgehead atoms. The van der Waals surface area contributed by atoms with Crippen LogP contribution >= 0.6 is 11.8 Å². The molecule has 1 saturated heterocycles. The number of thioether (sulfide) groups is 1. The Morgan fingerprint density at radius 3 is 3.11 bits per heavy atom. The standard InChI is InChI=1S/C14H17N3OS/c15-10-2-3-11-12(9-16-13(11)8-10)14(18)17-4-1-6-19-7-5-17/h2-3,8-9,16H,1,4-7,15H2. The van der Waals surface area contributed by atoms with E-state index in [1.165, 1.54) is 0 Å². The maximum atomic E-state index is 12.6. The number of nitrogens with one attached hydrogen (secondary N) is 1. The maximum Gasteiger partial charge on any atom is 0.256 e. The number of carbonyl (C=O) groups is 1. The van der Waals surface area contributed by atoms with Crippen LogP contribution in [0.4, 0.5) is 5.69 Å². The van der Waals surface area contributed by atoms with E-state index in [-0.39, 0.29) is 5.91 Å². The van der Waals surface area contributed by atoms with Crippen molar-refractivity contribution < 1.29 is 4.79 Å². The molecule has 0 saturated carbocycles. The molecular formula is C14H17N3OS. The van der Waals surface area contributed by atoms with Crippen LogP contribution in [0.2, 0.25) is 0 Å². The molecule has 1 aliphatic rings. The van der Waals surface area contributed by atoms with Gasteiger partial charge in [0, 0.05) is 41.6 Å². The third-order valence-corrected chi connectivity index (χ3v) is 4.49. The Hall–Kier alpha value is -1.62. The van der Waals surface area contributed by atoms with Crippen molar-refractivity contribution in [3.63, 3.8) is 0 Å². The highest BCUT2D eigenvalue weighted by atomic mass is 32.2. The predicted octanol–water partition coefficient (Wildman–Crippen LogP) is 2.33. The van der Waals surface area contributed by atoms with Crippen molar-refractivity contribution in [3.05, 3.63) is 30.0 Å². The summed E-state index contributed by atoms with van der Waals surface area (Å²) in [7, 11) is 0. The Morgan fingerprint density at radius 2 is 2.21 bits per heavy atom. The lowest BCUT2D eigenvalue weighted by Crippen LogP contribution is -2.32. The number of anilines is 1. The molecule has 0 atom stereocenters. The minimum absolute atomic E-state index is 0.124. The van der Waals surface area contributed by atoms with E-state index in [4.69, 9.17) is 5.73 Å². The maximum absolute atomic E-state index is 12.6. The van der Waals surface area contributed by atoms with Crippen LogP contribution in [0.15, 0.2) is 24.4 Å². The number of rotatable bonds is 1. The Bertz CT molecular complexity index is 600. The van der Waals surface area contributed by atoms with E-state index < -0.39 is 0 Å². The van der Waals surface area contributed by atoms with Gasteiger partial charge in [0.05, 0.1) is 5.56 Å². The molecule has 1 aromatic heterocycles. The average molecular weight is 275 g/mol. The predicted molar refractivity (Wildman–Crippen MR) is 80.6 cm³/mol. The molecule has 1 aromatic carbocycles. The lowest BCUT2D eigenvalue weighted by molar-refractivity contribution is 0.0770. The van der Waals surface area contributed by atoms with Gasteiger partial charge in [0.15, 0.2) is 0 Å². The van der Waals surface area contributed by atoms with Gasteiger partial charge >= 0.3 is 0 Å². The van der Waals surface area contributed by atoms with E-state index in [2.05, 4.69) is 4.98 Å². The molecule has 1 amide bonds. The second-order valence-corrected chi connectivity index (χ2v) is 5.99. The second-order valence-electron chi connectivity index (χ2n) is 4.77. The lowest BCUT2D eigenvalue weighted by atomic mass is 10.1. The highest BCUT2D eigenvalue weighted by Gasteiger charge is 2.20. The molecule has 4 nitrogen and oxygen atoms in total. The fraction of sp³-hybridized carbons (Fsp3) is 0.357. The summed E-state index contributed by atoms with van der Waals surface area (Å²) >= 11 is 1.92. The Balaban J connectivity index is 1.92. The molecule has 19 heavy (non-hydrogen) atoms. The van der Waals surface area contributed by atoms with Gasteiger partial charge in [0.25, 0.3) is 5.91 Å². The Kier molecular flexibility index (Phi) is 3.38. The van der Waals surface area contributed by atoms with E-state index >= 15 is 0 Å². The van der Waals surface area contributed by atoms with E-state index in [0.29, 0.717) is 5.69 Å². The highest BCUT2D eigenvalue weighted by Crippen LogP contribution is 2.23. The number of benzene rings is 1. The Labute approximate surface area is 116 Å². The van der Waals surface area contributed by atoms with Gasteiger partial charge < -0.3 is 15.6 Å². The molecular weight excluding hydrogens is 258 g/mol. The molecule has 0 aliphatic carbocycles. The number of aromatic amines is 1. The summed E-state index contributed by atoms with van der Waals surface area (Å²) in [6.07, 6.45) is 2.87. The third-order valence-electron chi connectivity index (χ3n) is 3.45. The largest absolute Gasteiger partial charge is 0.399 e. The molecule has 2 heterocycles. The normalized spacial score (nSPS) is 16.5. The minimum atomic E-state index is 0.124. The summed E-state index contributed by atoms with van der Waals surface area (Å²) in [5.41, 5.74) is 8.14. The van der Waals surface area contributed by atoms with Gasteiger partial charge in [0.1, 0.15) is 0 Å². The summed E-state index contributed by atoms with van der Waals surface area (Å²) in [4.78, 5) is 17.7. The van der Waals surface area contributed by atoms with Gasteiger partial charge in [-0.25, -0.2) is 0 Å². The first-order valence-electron chi connectivity index (χ1n) is 6.49. The van der Waals surface area contributed by atoms with Crippen LogP contribution in [-0.2, 0) is 0 Å². The topological polar surface area (TPSA) is 62.1 Å². The van der Waals surface area contributed by atoms with E-state index in [9.17, 15) is 4.79 Å². The van der Waals surface area contributed by atoms with E-state index in [0.717, 1.165) is 47.5 Å². The molecule has 0 radical (unpaired) electrons. The molecule has 3 rings (SSSR count). The van der Waals surface area contributed by atoms with Crippen LogP contribution in [0.3, 0.4) is 0 Å². The summed E-state index contributed by atoms with van der Waals surface area (Å²) in [5.74, 6) is 2.30. The number of nitrogen functional groups attached to an aromatic ring is 1. The van der Waals surface area contributed by atoms with Crippen LogP contribution < -0.4 is 5.73 Å². The minimum Gasteiger partial charge on any atom is -0.399 e. The number of H-pyrrole nitrogens is 1. The van der Waals surface area contributed by atoms with Crippen LogP contribution in [0.1, 0.15) is 16.8 Å². The number of carbonyl (C=O) groups excluding carboxylic acids is 1. The summed E-state index contributed by atoms with van der Waals surface area (Å²) in [6.45, 7) is 1.69. The summed E-state index contributed by atoms with van der Waals surface area (Å²) in [5, 5.41) is 0.955. The van der Waals surface area contributed by atoms with Gasteiger partial charge in [-0.3, -0.25) is 4.79 Å². The number of hydrogen-bond acceptors (Lipinski definition) is 3. The number of hydrogen-bond donors (Lipinski definition) is 2. The smallest absolute Gasteiger partial charge is 0.256 e. The van der Waals surface area contributed by atoms with Gasteiger partial charge in [-0.1, -0.05) is 0 Å². The zero-order valence-electron chi connectivity index (χ0n) is 10.7. The van der Waals surface area contributed by atoms with Crippen molar-refractivity contribution in [3.8, 4) is 0 Å². The molecule has 3 N–H and O–H groups in total. The molecule has 1 fully saturated rings. The lowest BCUT2D eigenvalue weighted by Gasteiger charge is -2.19. The monoisotopic (exact) mass is 275 g/mol. The van der Waals surface area contributed by atoms with Crippen LogP contribution in [0.5, 0.6) is 0 Å². The number of aromatic nitrogens is 1. The summed E-state index contributed by atoms with van der Waals surface area (Å²) < 4.78 is 0. The molecule has 0 spiro atoms. The molecule has 1 aliphatic heterocycles. The second kappa shape index (κ2) is 5.17. The highest BCUT2D eigenvalue weighted by molar-refractivity contribution is 7.99. The zero-order valence-corrected chi connectivity index (χ0v) is 11.5.